The Hall–Kier alpha value is -3.16. The lowest BCUT2D eigenvalue weighted by molar-refractivity contribution is -0.126. The van der Waals surface area contributed by atoms with Gasteiger partial charge in [0.25, 0.3) is 5.91 Å². The van der Waals surface area contributed by atoms with Gasteiger partial charge in [0, 0.05) is 31.6 Å². The Balaban J connectivity index is 1.47. The second kappa shape index (κ2) is 11.6. The van der Waals surface area contributed by atoms with Crippen molar-refractivity contribution in [3.8, 4) is 11.5 Å². The second-order valence-electron chi connectivity index (χ2n) is 7.88. The van der Waals surface area contributed by atoms with E-state index in [9.17, 15) is 18.4 Å². The SMILES string of the molecule is CCOc1ccc(CCNC(=O)C2CCN(C(=O)c3ccc(F)cc3F)CC2)cc1OCC. The Morgan fingerprint density at radius 2 is 1.70 bits per heavy atom. The molecule has 6 nitrogen and oxygen atoms in total. The first-order valence-corrected chi connectivity index (χ1v) is 11.3. The van der Waals surface area contributed by atoms with Gasteiger partial charge < -0.3 is 19.7 Å². The number of benzene rings is 2. The van der Waals surface area contributed by atoms with Gasteiger partial charge in [0.1, 0.15) is 11.6 Å². The first-order valence-electron chi connectivity index (χ1n) is 11.3. The zero-order valence-electron chi connectivity index (χ0n) is 19.0. The van der Waals surface area contributed by atoms with Crippen molar-refractivity contribution in [2.45, 2.75) is 33.1 Å². The third-order valence-corrected chi connectivity index (χ3v) is 5.64. The van der Waals surface area contributed by atoms with Crippen molar-refractivity contribution in [2.75, 3.05) is 32.8 Å². The fraction of sp³-hybridized carbons (Fsp3) is 0.440. The molecule has 0 unspecified atom stereocenters. The predicted octanol–water partition coefficient (Wildman–Crippen LogP) is 3.97. The van der Waals surface area contributed by atoms with E-state index in [-0.39, 0.29) is 17.4 Å². The van der Waals surface area contributed by atoms with Crippen LogP contribution >= 0.6 is 0 Å². The number of halogens is 2. The summed E-state index contributed by atoms with van der Waals surface area (Å²) in [6, 6.07) is 8.69. The van der Waals surface area contributed by atoms with Crippen molar-refractivity contribution in [1.29, 1.82) is 0 Å². The Labute approximate surface area is 192 Å². The highest BCUT2D eigenvalue weighted by Crippen LogP contribution is 2.28. The van der Waals surface area contributed by atoms with E-state index in [1.165, 1.54) is 4.90 Å². The maximum Gasteiger partial charge on any atom is 0.256 e. The van der Waals surface area contributed by atoms with Crippen LogP contribution in [0.4, 0.5) is 8.78 Å². The molecular formula is C25H30F2N2O4. The smallest absolute Gasteiger partial charge is 0.256 e. The standard InChI is InChI=1S/C25H30F2N2O4/c1-3-32-22-8-5-17(15-23(22)33-4-2)9-12-28-24(30)18-10-13-29(14-11-18)25(31)20-7-6-19(26)16-21(20)27/h5-8,15-16,18H,3-4,9-14H2,1-2H3,(H,28,30). The maximum atomic E-state index is 13.9. The summed E-state index contributed by atoms with van der Waals surface area (Å²) >= 11 is 0. The number of piperidine rings is 1. The van der Waals surface area contributed by atoms with Gasteiger partial charge in [-0.2, -0.15) is 0 Å². The number of carbonyl (C=O) groups is 2. The van der Waals surface area contributed by atoms with Crippen LogP contribution < -0.4 is 14.8 Å². The molecule has 1 heterocycles. The first kappa shape index (κ1) is 24.5. The summed E-state index contributed by atoms with van der Waals surface area (Å²) in [4.78, 5) is 26.6. The normalized spacial score (nSPS) is 14.1. The third-order valence-electron chi connectivity index (χ3n) is 5.64. The molecule has 0 atom stereocenters. The highest BCUT2D eigenvalue weighted by atomic mass is 19.1. The summed E-state index contributed by atoms with van der Waals surface area (Å²) in [6.07, 6.45) is 1.65. The first-order chi connectivity index (χ1) is 15.9. The molecule has 0 spiro atoms. The van der Waals surface area contributed by atoms with Gasteiger partial charge >= 0.3 is 0 Å². The minimum Gasteiger partial charge on any atom is -0.490 e. The summed E-state index contributed by atoms with van der Waals surface area (Å²) in [7, 11) is 0. The zero-order valence-corrected chi connectivity index (χ0v) is 19.0. The van der Waals surface area contributed by atoms with Crippen LogP contribution in [0.3, 0.4) is 0 Å². The molecular weight excluding hydrogens is 430 g/mol. The molecule has 1 saturated heterocycles. The summed E-state index contributed by atoms with van der Waals surface area (Å²) in [5, 5.41) is 2.97. The van der Waals surface area contributed by atoms with E-state index < -0.39 is 17.5 Å². The van der Waals surface area contributed by atoms with Gasteiger partial charge in [0.2, 0.25) is 5.91 Å². The van der Waals surface area contributed by atoms with Gasteiger partial charge in [-0.3, -0.25) is 9.59 Å². The summed E-state index contributed by atoms with van der Waals surface area (Å²) < 4.78 is 38.2. The maximum absolute atomic E-state index is 13.9. The molecule has 1 aliphatic heterocycles. The van der Waals surface area contributed by atoms with Gasteiger partial charge in [-0.15, -0.1) is 0 Å². The number of nitrogens with zero attached hydrogens (tertiary/aromatic N) is 1. The van der Waals surface area contributed by atoms with Crippen molar-refractivity contribution in [2.24, 2.45) is 5.92 Å². The van der Waals surface area contributed by atoms with Crippen LogP contribution in [0.25, 0.3) is 0 Å². The molecule has 3 rings (SSSR count). The van der Waals surface area contributed by atoms with E-state index in [1.807, 2.05) is 32.0 Å². The van der Waals surface area contributed by atoms with Gasteiger partial charge in [-0.25, -0.2) is 8.78 Å². The van der Waals surface area contributed by atoms with E-state index in [0.29, 0.717) is 69.7 Å². The summed E-state index contributed by atoms with van der Waals surface area (Å²) in [6.45, 7) is 6.11. The number of nitrogens with one attached hydrogen (secondary N) is 1. The quantitative estimate of drug-likeness (QED) is 0.615. The number of likely N-dealkylation sites (tertiary alicyclic amines) is 1. The topological polar surface area (TPSA) is 67.9 Å². The molecule has 178 valence electrons. The van der Waals surface area contributed by atoms with Crippen LogP contribution in [0.2, 0.25) is 0 Å². The Morgan fingerprint density at radius 3 is 2.36 bits per heavy atom. The van der Waals surface area contributed by atoms with Crippen molar-refractivity contribution in [1.82, 2.24) is 10.2 Å². The highest BCUT2D eigenvalue weighted by Gasteiger charge is 2.28. The molecule has 2 amide bonds. The van der Waals surface area contributed by atoms with Crippen LogP contribution in [0.5, 0.6) is 11.5 Å². The number of ether oxygens (including phenoxy) is 2. The van der Waals surface area contributed by atoms with Crippen LogP contribution in [0, 0.1) is 17.6 Å². The lowest BCUT2D eigenvalue weighted by Gasteiger charge is -2.31. The average molecular weight is 461 g/mol. The molecule has 0 bridgehead atoms. The van der Waals surface area contributed by atoms with Crippen LogP contribution in [-0.4, -0.2) is 49.6 Å². The van der Waals surface area contributed by atoms with Crippen molar-refractivity contribution >= 4 is 11.8 Å². The third kappa shape index (κ3) is 6.43. The Kier molecular flexibility index (Phi) is 8.63. The number of rotatable bonds is 9. The fourth-order valence-electron chi connectivity index (χ4n) is 3.90. The van der Waals surface area contributed by atoms with E-state index in [0.717, 1.165) is 17.7 Å². The molecule has 0 radical (unpaired) electrons. The van der Waals surface area contributed by atoms with E-state index in [4.69, 9.17) is 9.47 Å². The predicted molar refractivity (Wildman–Crippen MR) is 120 cm³/mol. The van der Waals surface area contributed by atoms with E-state index in [2.05, 4.69) is 5.32 Å². The van der Waals surface area contributed by atoms with Crippen molar-refractivity contribution < 1.29 is 27.8 Å². The van der Waals surface area contributed by atoms with Crippen LogP contribution in [0.1, 0.15) is 42.6 Å². The number of hydrogen-bond acceptors (Lipinski definition) is 4. The number of carbonyl (C=O) groups excluding carboxylic acids is 2. The lowest BCUT2D eigenvalue weighted by atomic mass is 9.95. The largest absolute Gasteiger partial charge is 0.490 e. The van der Waals surface area contributed by atoms with Gasteiger partial charge in [0.15, 0.2) is 11.5 Å². The van der Waals surface area contributed by atoms with Crippen LogP contribution in [0.15, 0.2) is 36.4 Å². The molecule has 0 aliphatic carbocycles. The zero-order chi connectivity index (χ0) is 23.8. The summed E-state index contributed by atoms with van der Waals surface area (Å²) in [5.74, 6) is -0.934. The molecule has 0 aromatic heterocycles. The van der Waals surface area contributed by atoms with Gasteiger partial charge in [0.05, 0.1) is 18.8 Å². The number of hydrogen-bond donors (Lipinski definition) is 1. The molecule has 1 aliphatic rings. The summed E-state index contributed by atoms with van der Waals surface area (Å²) in [5.41, 5.74) is 0.880. The van der Waals surface area contributed by atoms with E-state index >= 15 is 0 Å². The van der Waals surface area contributed by atoms with Crippen molar-refractivity contribution in [3.05, 3.63) is 59.2 Å². The molecule has 2 aromatic carbocycles. The minimum atomic E-state index is -0.873. The number of amides is 2. The highest BCUT2D eigenvalue weighted by molar-refractivity contribution is 5.94. The lowest BCUT2D eigenvalue weighted by Crippen LogP contribution is -2.43. The van der Waals surface area contributed by atoms with Gasteiger partial charge in [-0.05, 0) is 62.9 Å². The molecule has 1 N–H and O–H groups in total. The van der Waals surface area contributed by atoms with Crippen molar-refractivity contribution in [3.63, 3.8) is 0 Å². The molecule has 2 aromatic rings. The molecule has 0 saturated carbocycles. The molecule has 33 heavy (non-hydrogen) atoms. The Morgan fingerprint density at radius 1 is 1.00 bits per heavy atom. The Bertz CT molecular complexity index is 975. The minimum absolute atomic E-state index is 0.0500. The fourth-order valence-corrected chi connectivity index (χ4v) is 3.90. The second-order valence-corrected chi connectivity index (χ2v) is 7.88. The molecule has 8 heteroatoms. The van der Waals surface area contributed by atoms with Crippen LogP contribution in [-0.2, 0) is 11.2 Å². The van der Waals surface area contributed by atoms with Gasteiger partial charge in [-0.1, -0.05) is 6.07 Å². The molecule has 1 fully saturated rings. The van der Waals surface area contributed by atoms with E-state index in [1.54, 1.807) is 0 Å². The monoisotopic (exact) mass is 460 g/mol. The average Bonchev–Trinajstić information content (AvgIpc) is 2.80.